The minimum absolute atomic E-state index is 0.327. The summed E-state index contributed by atoms with van der Waals surface area (Å²) in [5, 5.41) is 3.45. The van der Waals surface area contributed by atoms with Gasteiger partial charge in [0.2, 0.25) is 0 Å². The Morgan fingerprint density at radius 1 is 1.33 bits per heavy atom. The molecule has 0 aliphatic heterocycles. The van der Waals surface area contributed by atoms with Gasteiger partial charge in [0.1, 0.15) is 0 Å². The summed E-state index contributed by atoms with van der Waals surface area (Å²) in [6.07, 6.45) is 7.22. The summed E-state index contributed by atoms with van der Waals surface area (Å²) >= 11 is 6.95. The van der Waals surface area contributed by atoms with Crippen LogP contribution in [0.3, 0.4) is 0 Å². The number of hydrogen-bond donors (Lipinski definition) is 1. The zero-order valence-corrected chi connectivity index (χ0v) is 14.9. The molecule has 2 aliphatic carbocycles. The first-order valence-electron chi connectivity index (χ1n) is 7.08. The van der Waals surface area contributed by atoms with Crippen molar-refractivity contribution in [2.24, 2.45) is 17.8 Å². The molecule has 1 saturated carbocycles. The summed E-state index contributed by atoms with van der Waals surface area (Å²) in [7, 11) is 1.40. The Hall–Kier alpha value is -0.810. The summed E-state index contributed by atoms with van der Waals surface area (Å²) in [6.45, 7) is 0.885. The molecule has 1 fully saturated rings. The molecule has 3 nitrogen and oxygen atoms in total. The van der Waals surface area contributed by atoms with Crippen molar-refractivity contribution in [2.45, 2.75) is 12.8 Å². The number of fused-ring (bicyclic) bond motifs is 2. The van der Waals surface area contributed by atoms with Gasteiger partial charge in [-0.2, -0.15) is 0 Å². The number of halogens is 2. The van der Waals surface area contributed by atoms with Crippen LogP contribution in [0.2, 0.25) is 0 Å². The maximum absolute atomic E-state index is 11.9. The molecule has 1 aromatic carbocycles. The van der Waals surface area contributed by atoms with Gasteiger partial charge in [-0.15, -0.1) is 0 Å². The second-order valence-electron chi connectivity index (χ2n) is 5.72. The van der Waals surface area contributed by atoms with Gasteiger partial charge in [0.15, 0.2) is 0 Å². The molecule has 2 bridgehead atoms. The third-order valence-electron chi connectivity index (χ3n) is 4.42. The lowest BCUT2D eigenvalue weighted by atomic mass is 9.93. The number of carbonyl (C=O) groups is 1. The van der Waals surface area contributed by atoms with Crippen LogP contribution >= 0.6 is 31.9 Å². The zero-order chi connectivity index (χ0) is 15.0. The van der Waals surface area contributed by atoms with Crippen molar-refractivity contribution < 1.29 is 9.53 Å². The molecule has 0 radical (unpaired) electrons. The smallest absolute Gasteiger partial charge is 0.340 e. The van der Waals surface area contributed by atoms with Crippen molar-refractivity contribution in [2.75, 3.05) is 19.0 Å². The number of anilines is 1. The highest BCUT2D eigenvalue weighted by molar-refractivity contribution is 9.11. The van der Waals surface area contributed by atoms with E-state index in [1.165, 1.54) is 20.0 Å². The number of nitrogens with one attached hydrogen (secondary N) is 1. The van der Waals surface area contributed by atoms with Gasteiger partial charge in [-0.25, -0.2) is 4.79 Å². The molecule has 3 unspecified atom stereocenters. The van der Waals surface area contributed by atoms with Crippen LogP contribution in [-0.4, -0.2) is 19.6 Å². The summed E-state index contributed by atoms with van der Waals surface area (Å²) in [5.74, 6) is 1.78. The molecular formula is C16H17Br2NO2. The van der Waals surface area contributed by atoms with Crippen LogP contribution in [0.1, 0.15) is 23.2 Å². The van der Waals surface area contributed by atoms with E-state index in [1.54, 1.807) is 6.07 Å². The Morgan fingerprint density at radius 2 is 2.14 bits per heavy atom. The van der Waals surface area contributed by atoms with Crippen molar-refractivity contribution in [3.63, 3.8) is 0 Å². The molecule has 3 rings (SSSR count). The van der Waals surface area contributed by atoms with Crippen LogP contribution in [-0.2, 0) is 4.74 Å². The van der Waals surface area contributed by atoms with E-state index >= 15 is 0 Å². The van der Waals surface area contributed by atoms with Gasteiger partial charge in [-0.1, -0.05) is 28.1 Å². The number of carbonyl (C=O) groups excluding carboxylic acids is 1. The largest absolute Gasteiger partial charge is 0.465 e. The molecule has 0 heterocycles. The third kappa shape index (κ3) is 3.04. The Bertz CT molecular complexity index is 600. The molecule has 2 aliphatic rings. The second kappa shape index (κ2) is 6.13. The maximum atomic E-state index is 11.9. The van der Waals surface area contributed by atoms with Gasteiger partial charge in [0.25, 0.3) is 0 Å². The predicted molar refractivity (Wildman–Crippen MR) is 90.5 cm³/mol. The molecule has 0 amide bonds. The Kier molecular flexibility index (Phi) is 4.41. The van der Waals surface area contributed by atoms with Crippen molar-refractivity contribution in [1.29, 1.82) is 0 Å². The van der Waals surface area contributed by atoms with Gasteiger partial charge in [0, 0.05) is 15.5 Å². The monoisotopic (exact) mass is 413 g/mol. The van der Waals surface area contributed by atoms with E-state index in [1.807, 2.05) is 6.07 Å². The first-order chi connectivity index (χ1) is 10.1. The number of methoxy groups -OCH3 is 1. The highest BCUT2D eigenvalue weighted by Gasteiger charge is 2.35. The molecule has 0 saturated heterocycles. The second-order valence-corrected chi connectivity index (χ2v) is 7.49. The molecule has 5 heteroatoms. The SMILES string of the molecule is COC(=O)c1cc(Br)cc(Br)c1NCC1CC2C=CC1C2. The van der Waals surface area contributed by atoms with Crippen LogP contribution in [0.4, 0.5) is 5.69 Å². The minimum atomic E-state index is -0.327. The van der Waals surface area contributed by atoms with Gasteiger partial charge in [-0.3, -0.25) is 0 Å². The van der Waals surface area contributed by atoms with E-state index in [-0.39, 0.29) is 5.97 Å². The lowest BCUT2D eigenvalue weighted by Gasteiger charge is -2.21. The van der Waals surface area contributed by atoms with Crippen LogP contribution in [0.15, 0.2) is 33.2 Å². The summed E-state index contributed by atoms with van der Waals surface area (Å²) < 4.78 is 6.60. The number of hydrogen-bond acceptors (Lipinski definition) is 3. The van der Waals surface area contributed by atoms with Crippen LogP contribution in [0, 0.1) is 17.8 Å². The van der Waals surface area contributed by atoms with Gasteiger partial charge in [-0.05, 0) is 58.7 Å². The summed E-state index contributed by atoms with van der Waals surface area (Å²) in [6, 6.07) is 3.73. The highest BCUT2D eigenvalue weighted by atomic mass is 79.9. The topological polar surface area (TPSA) is 38.3 Å². The van der Waals surface area contributed by atoms with Gasteiger partial charge in [0.05, 0.1) is 18.4 Å². The molecule has 112 valence electrons. The molecule has 3 atom stereocenters. The van der Waals surface area contributed by atoms with Gasteiger partial charge >= 0.3 is 5.97 Å². The molecule has 1 aromatic rings. The fourth-order valence-electron chi connectivity index (χ4n) is 3.39. The fourth-order valence-corrected chi connectivity index (χ4v) is 4.75. The van der Waals surface area contributed by atoms with Crippen molar-refractivity contribution in [3.8, 4) is 0 Å². The van der Waals surface area contributed by atoms with Crippen molar-refractivity contribution >= 4 is 43.5 Å². The highest BCUT2D eigenvalue weighted by Crippen LogP contribution is 2.43. The Morgan fingerprint density at radius 3 is 2.76 bits per heavy atom. The number of ether oxygens (including phenoxy) is 1. The molecule has 21 heavy (non-hydrogen) atoms. The van der Waals surface area contributed by atoms with E-state index in [4.69, 9.17) is 4.74 Å². The number of allylic oxidation sites excluding steroid dienone is 2. The Labute approximate surface area is 141 Å². The predicted octanol–water partition coefficient (Wildman–Crippen LogP) is 4.62. The van der Waals surface area contributed by atoms with Crippen molar-refractivity contribution in [1.82, 2.24) is 0 Å². The maximum Gasteiger partial charge on any atom is 0.340 e. The van der Waals surface area contributed by atoms with E-state index in [0.29, 0.717) is 17.4 Å². The van der Waals surface area contributed by atoms with E-state index < -0.39 is 0 Å². The molecule has 1 N–H and O–H groups in total. The first-order valence-corrected chi connectivity index (χ1v) is 8.66. The van der Waals surface area contributed by atoms with E-state index in [2.05, 4.69) is 49.3 Å². The first kappa shape index (κ1) is 15.1. The average Bonchev–Trinajstić information content (AvgIpc) is 3.07. The van der Waals surface area contributed by atoms with Crippen molar-refractivity contribution in [3.05, 3.63) is 38.8 Å². The van der Waals surface area contributed by atoms with E-state index in [0.717, 1.165) is 27.1 Å². The van der Waals surface area contributed by atoms with Crippen LogP contribution in [0.25, 0.3) is 0 Å². The molecule has 0 aromatic heterocycles. The molecular weight excluding hydrogens is 398 g/mol. The van der Waals surface area contributed by atoms with Gasteiger partial charge < -0.3 is 10.1 Å². The van der Waals surface area contributed by atoms with Crippen LogP contribution < -0.4 is 5.32 Å². The summed E-state index contributed by atoms with van der Waals surface area (Å²) in [5.41, 5.74) is 1.37. The normalized spacial score (nSPS) is 26.1. The number of benzene rings is 1. The quantitative estimate of drug-likeness (QED) is 0.576. The third-order valence-corrected chi connectivity index (χ3v) is 5.50. The minimum Gasteiger partial charge on any atom is -0.465 e. The summed E-state index contributed by atoms with van der Waals surface area (Å²) in [4.78, 5) is 11.9. The Balaban J connectivity index is 1.78. The number of esters is 1. The lowest BCUT2D eigenvalue weighted by molar-refractivity contribution is 0.0601. The van der Waals surface area contributed by atoms with Crippen LogP contribution in [0.5, 0.6) is 0 Å². The zero-order valence-electron chi connectivity index (χ0n) is 11.7. The standard InChI is InChI=1S/C16H17Br2NO2/c1-21-16(20)13-6-12(17)7-14(18)15(13)19-8-11-5-9-2-3-10(11)4-9/h2-3,6-7,9-11,19H,4-5,8H2,1H3. The average molecular weight is 415 g/mol. The molecule has 0 spiro atoms. The lowest BCUT2D eigenvalue weighted by Crippen LogP contribution is -2.20. The fraction of sp³-hybridized carbons (Fsp3) is 0.438. The van der Waals surface area contributed by atoms with E-state index in [9.17, 15) is 4.79 Å². The number of rotatable bonds is 4.